The maximum atomic E-state index is 2.43. The molecule has 3 nitrogen and oxygen atoms in total. The monoisotopic (exact) mass is 675 g/mol. The van der Waals surface area contributed by atoms with E-state index in [9.17, 15) is 0 Å². The van der Waals surface area contributed by atoms with Gasteiger partial charge in [-0.2, -0.15) is 0 Å². The first kappa shape index (κ1) is 29.6. The van der Waals surface area contributed by atoms with E-state index < -0.39 is 0 Å². The van der Waals surface area contributed by atoms with Crippen molar-refractivity contribution < 1.29 is 0 Å². The first-order valence-corrected chi connectivity index (χ1v) is 18.2. The van der Waals surface area contributed by atoms with Crippen LogP contribution in [0, 0.1) is 0 Å². The number of hydrogen-bond acceptors (Lipinski definition) is 1. The summed E-state index contributed by atoms with van der Waals surface area (Å²) in [4.78, 5) is 2.34. The van der Waals surface area contributed by atoms with Crippen LogP contribution in [0.25, 0.3) is 76.9 Å². The third kappa shape index (κ3) is 4.61. The van der Waals surface area contributed by atoms with Gasteiger partial charge in [-0.3, -0.25) is 0 Å². The van der Waals surface area contributed by atoms with Gasteiger partial charge in [-0.25, -0.2) is 0 Å². The van der Waals surface area contributed by atoms with Crippen LogP contribution in [0.4, 0.5) is 17.1 Å². The van der Waals surface area contributed by atoms with Gasteiger partial charge in [-0.1, -0.05) is 109 Å². The minimum Gasteiger partial charge on any atom is -0.310 e. The Labute approximate surface area is 307 Å². The Morgan fingerprint density at radius 3 is 1.45 bits per heavy atom. The standard InChI is InChI=1S/C50H33N3/c1-4-16-38(17-5-1)51(39-18-6-2-7-19-39)42-28-30-46-44(33-42)43-32-37(27-29-45(43)52(46)40-20-8-3-9-21-40)36-15-10-22-41(31-36)53-47-23-11-13-34-25-26-35-14-12-24-48(53)50(35)49(34)47/h1-33H. The Morgan fingerprint density at radius 1 is 0.302 bits per heavy atom. The topological polar surface area (TPSA) is 13.1 Å². The molecule has 2 heterocycles. The average molecular weight is 676 g/mol. The lowest BCUT2D eigenvalue weighted by Gasteiger charge is -2.25. The van der Waals surface area contributed by atoms with Crippen LogP contribution in [0.3, 0.4) is 0 Å². The number of aromatic nitrogens is 2. The molecule has 53 heavy (non-hydrogen) atoms. The largest absolute Gasteiger partial charge is 0.310 e. The third-order valence-electron chi connectivity index (χ3n) is 10.8. The van der Waals surface area contributed by atoms with E-state index in [-0.39, 0.29) is 0 Å². The number of rotatable bonds is 6. The van der Waals surface area contributed by atoms with Crippen LogP contribution >= 0.6 is 0 Å². The van der Waals surface area contributed by atoms with Gasteiger partial charge in [0, 0.05) is 50.0 Å². The van der Waals surface area contributed by atoms with Crippen LogP contribution in [0.2, 0.25) is 0 Å². The van der Waals surface area contributed by atoms with E-state index in [2.05, 4.69) is 214 Å². The summed E-state index contributed by atoms with van der Waals surface area (Å²) in [5, 5.41) is 7.65. The maximum Gasteiger partial charge on any atom is 0.0547 e. The van der Waals surface area contributed by atoms with Crippen molar-refractivity contribution in [1.29, 1.82) is 0 Å². The number of fused-ring (bicyclic) bond motifs is 3. The van der Waals surface area contributed by atoms with Crippen molar-refractivity contribution in [2.45, 2.75) is 0 Å². The molecule has 0 saturated heterocycles. The van der Waals surface area contributed by atoms with Gasteiger partial charge < -0.3 is 14.0 Å². The van der Waals surface area contributed by atoms with Gasteiger partial charge in [0.25, 0.3) is 0 Å². The van der Waals surface area contributed by atoms with Crippen molar-refractivity contribution in [1.82, 2.24) is 9.13 Å². The Hall–Kier alpha value is -7.10. The summed E-state index contributed by atoms with van der Waals surface area (Å²) in [5.41, 5.74) is 12.9. The minimum atomic E-state index is 1.12. The molecular formula is C50H33N3. The summed E-state index contributed by atoms with van der Waals surface area (Å²) in [7, 11) is 0. The SMILES string of the molecule is c1ccc(N(c2ccccc2)c2ccc3c(c2)c2cc(-c4cccc(-n5c6cccc7ccc8cccc5c8c76)c4)ccc2n3-c2ccccc2)cc1. The number of para-hydroxylation sites is 3. The number of hydrogen-bond donors (Lipinski definition) is 0. The highest BCUT2D eigenvalue weighted by molar-refractivity contribution is 6.24. The van der Waals surface area contributed by atoms with Crippen molar-refractivity contribution in [2.75, 3.05) is 4.90 Å². The quantitative estimate of drug-likeness (QED) is 0.160. The molecule has 0 aliphatic heterocycles. The van der Waals surface area contributed by atoms with E-state index in [1.807, 2.05) is 0 Å². The molecule has 0 radical (unpaired) electrons. The van der Waals surface area contributed by atoms with Crippen LogP contribution < -0.4 is 4.90 Å². The van der Waals surface area contributed by atoms with E-state index in [0.29, 0.717) is 0 Å². The molecule has 0 aliphatic rings. The number of benzene rings is 9. The highest BCUT2D eigenvalue weighted by atomic mass is 15.1. The second-order valence-corrected chi connectivity index (χ2v) is 13.8. The van der Waals surface area contributed by atoms with Gasteiger partial charge in [-0.15, -0.1) is 0 Å². The molecule has 0 atom stereocenters. The van der Waals surface area contributed by atoms with E-state index in [1.54, 1.807) is 0 Å². The Morgan fingerprint density at radius 2 is 0.811 bits per heavy atom. The molecule has 0 N–H and O–H groups in total. The summed E-state index contributed by atoms with van der Waals surface area (Å²) in [6.07, 6.45) is 0. The van der Waals surface area contributed by atoms with E-state index in [0.717, 1.165) is 28.4 Å². The van der Waals surface area contributed by atoms with Crippen LogP contribution in [0.1, 0.15) is 0 Å². The molecule has 0 amide bonds. The Bertz CT molecular complexity index is 2990. The first-order valence-electron chi connectivity index (χ1n) is 18.2. The fourth-order valence-electron chi connectivity index (χ4n) is 8.51. The zero-order valence-corrected chi connectivity index (χ0v) is 28.9. The predicted molar refractivity (Wildman–Crippen MR) is 224 cm³/mol. The highest BCUT2D eigenvalue weighted by Gasteiger charge is 2.19. The molecule has 0 fully saturated rings. The molecule has 0 spiro atoms. The van der Waals surface area contributed by atoms with Gasteiger partial charge >= 0.3 is 0 Å². The van der Waals surface area contributed by atoms with Gasteiger partial charge in [0.2, 0.25) is 0 Å². The molecule has 11 aromatic rings. The highest BCUT2D eigenvalue weighted by Crippen LogP contribution is 2.42. The van der Waals surface area contributed by atoms with Crippen LogP contribution in [-0.2, 0) is 0 Å². The first-order chi connectivity index (χ1) is 26.3. The summed E-state index contributed by atoms with van der Waals surface area (Å²) in [6, 6.07) is 72.6. The van der Waals surface area contributed by atoms with E-state index >= 15 is 0 Å². The zero-order valence-electron chi connectivity index (χ0n) is 28.9. The lowest BCUT2D eigenvalue weighted by atomic mass is 10.0. The van der Waals surface area contributed by atoms with Crippen LogP contribution in [0.5, 0.6) is 0 Å². The van der Waals surface area contributed by atoms with Gasteiger partial charge in [-0.05, 0) is 113 Å². The molecule has 0 unspecified atom stereocenters. The maximum absolute atomic E-state index is 2.43. The smallest absolute Gasteiger partial charge is 0.0547 e. The van der Waals surface area contributed by atoms with Crippen molar-refractivity contribution in [3.63, 3.8) is 0 Å². The van der Waals surface area contributed by atoms with Crippen molar-refractivity contribution in [2.24, 2.45) is 0 Å². The summed E-state index contributed by atoms with van der Waals surface area (Å²) >= 11 is 0. The van der Waals surface area contributed by atoms with Gasteiger partial charge in [0.15, 0.2) is 0 Å². The molecule has 0 saturated carbocycles. The van der Waals surface area contributed by atoms with E-state index in [1.165, 1.54) is 65.5 Å². The van der Waals surface area contributed by atoms with Crippen LogP contribution in [0.15, 0.2) is 200 Å². The summed E-state index contributed by atoms with van der Waals surface area (Å²) in [6.45, 7) is 0. The summed E-state index contributed by atoms with van der Waals surface area (Å²) < 4.78 is 4.83. The fourth-order valence-corrected chi connectivity index (χ4v) is 8.51. The number of nitrogens with zero attached hydrogens (tertiary/aromatic N) is 3. The van der Waals surface area contributed by atoms with Gasteiger partial charge in [0.05, 0.1) is 22.1 Å². The summed E-state index contributed by atoms with van der Waals surface area (Å²) in [5.74, 6) is 0. The molecular weight excluding hydrogens is 643 g/mol. The molecule has 248 valence electrons. The number of anilines is 3. The van der Waals surface area contributed by atoms with Gasteiger partial charge in [0.1, 0.15) is 0 Å². The van der Waals surface area contributed by atoms with Crippen molar-refractivity contribution in [3.05, 3.63) is 200 Å². The molecule has 11 rings (SSSR count). The third-order valence-corrected chi connectivity index (χ3v) is 10.8. The molecule has 9 aromatic carbocycles. The Kier molecular flexibility index (Phi) is 6.55. The normalized spacial score (nSPS) is 11.8. The lowest BCUT2D eigenvalue weighted by molar-refractivity contribution is 1.18. The van der Waals surface area contributed by atoms with Crippen molar-refractivity contribution in [3.8, 4) is 22.5 Å². The Balaban J connectivity index is 1.12. The zero-order chi connectivity index (χ0) is 34.9. The minimum absolute atomic E-state index is 1.12. The molecule has 2 aromatic heterocycles. The molecule has 3 heteroatoms. The second-order valence-electron chi connectivity index (χ2n) is 13.8. The van der Waals surface area contributed by atoms with Crippen LogP contribution in [-0.4, -0.2) is 9.13 Å². The molecule has 0 aliphatic carbocycles. The fraction of sp³-hybridized carbons (Fsp3) is 0. The predicted octanol–water partition coefficient (Wildman–Crippen LogP) is 13.6. The molecule has 0 bridgehead atoms. The second kappa shape index (κ2) is 11.7. The van der Waals surface area contributed by atoms with Crippen molar-refractivity contribution >= 4 is 71.4 Å². The average Bonchev–Trinajstić information content (AvgIpc) is 3.75. The van der Waals surface area contributed by atoms with E-state index in [4.69, 9.17) is 0 Å². The lowest BCUT2D eigenvalue weighted by Crippen LogP contribution is -2.09.